The highest BCUT2D eigenvalue weighted by molar-refractivity contribution is 8.00. The van der Waals surface area contributed by atoms with Gasteiger partial charge in [-0.3, -0.25) is 0 Å². The number of esters is 1. The van der Waals surface area contributed by atoms with Gasteiger partial charge >= 0.3 is 5.97 Å². The van der Waals surface area contributed by atoms with Crippen molar-refractivity contribution in [3.05, 3.63) is 53.6 Å². The Morgan fingerprint density at radius 2 is 1.79 bits per heavy atom. The molecule has 29 heavy (non-hydrogen) atoms. The molecule has 0 amide bonds. The minimum absolute atomic E-state index is 0.111. The van der Waals surface area contributed by atoms with Gasteiger partial charge in [0.25, 0.3) is 0 Å². The summed E-state index contributed by atoms with van der Waals surface area (Å²) >= 11 is 7.44. The lowest BCUT2D eigenvalue weighted by Crippen LogP contribution is -2.34. The van der Waals surface area contributed by atoms with E-state index in [1.54, 1.807) is 19.1 Å². The SMILES string of the molecule is CCOC(=O)c1ccc(NC(=S)Nc2cccc3c2SC(C)(C)CC3(C)C)cc1. The van der Waals surface area contributed by atoms with Crippen LogP contribution in [0.1, 0.15) is 57.0 Å². The van der Waals surface area contributed by atoms with Gasteiger partial charge in [-0.05, 0) is 66.9 Å². The van der Waals surface area contributed by atoms with Gasteiger partial charge in [0.1, 0.15) is 0 Å². The highest BCUT2D eigenvalue weighted by Crippen LogP contribution is 2.53. The highest BCUT2D eigenvalue weighted by atomic mass is 32.2. The molecule has 2 aromatic carbocycles. The predicted octanol–water partition coefficient (Wildman–Crippen LogP) is 6.22. The Morgan fingerprint density at radius 1 is 1.10 bits per heavy atom. The number of thiocarbonyl (C=S) groups is 1. The molecule has 1 heterocycles. The van der Waals surface area contributed by atoms with Crippen molar-refractivity contribution in [1.29, 1.82) is 0 Å². The van der Waals surface area contributed by atoms with Crippen LogP contribution in [0.25, 0.3) is 0 Å². The van der Waals surface area contributed by atoms with Crippen molar-refractivity contribution in [3.8, 4) is 0 Å². The van der Waals surface area contributed by atoms with E-state index in [4.69, 9.17) is 17.0 Å². The fourth-order valence-electron chi connectivity index (χ4n) is 3.94. The molecular weight excluding hydrogens is 400 g/mol. The van der Waals surface area contributed by atoms with Crippen LogP contribution >= 0.6 is 24.0 Å². The van der Waals surface area contributed by atoms with Gasteiger partial charge in [-0.1, -0.05) is 39.8 Å². The van der Waals surface area contributed by atoms with Gasteiger partial charge < -0.3 is 15.4 Å². The maximum Gasteiger partial charge on any atom is 0.338 e. The second-order valence-electron chi connectivity index (χ2n) is 8.48. The zero-order valence-corrected chi connectivity index (χ0v) is 19.2. The molecule has 6 heteroatoms. The Labute approximate surface area is 182 Å². The molecule has 154 valence electrons. The minimum atomic E-state index is -0.321. The summed E-state index contributed by atoms with van der Waals surface area (Å²) in [6.07, 6.45) is 1.12. The number of fused-ring (bicyclic) bond motifs is 1. The first-order valence-corrected chi connectivity index (χ1v) is 11.0. The second-order valence-corrected chi connectivity index (χ2v) is 10.6. The highest BCUT2D eigenvalue weighted by Gasteiger charge is 2.39. The summed E-state index contributed by atoms with van der Waals surface area (Å²) in [4.78, 5) is 13.0. The number of hydrogen-bond acceptors (Lipinski definition) is 4. The molecule has 2 aromatic rings. The van der Waals surface area contributed by atoms with Gasteiger partial charge in [-0.25, -0.2) is 4.79 Å². The summed E-state index contributed by atoms with van der Waals surface area (Å²) in [7, 11) is 0. The molecule has 0 aromatic heterocycles. The van der Waals surface area contributed by atoms with E-state index < -0.39 is 0 Å². The maximum absolute atomic E-state index is 11.8. The smallest absolute Gasteiger partial charge is 0.338 e. The van der Waals surface area contributed by atoms with E-state index in [-0.39, 0.29) is 16.1 Å². The molecule has 4 nitrogen and oxygen atoms in total. The molecule has 0 radical (unpaired) electrons. The molecule has 1 aliphatic rings. The van der Waals surface area contributed by atoms with Crippen molar-refractivity contribution < 1.29 is 9.53 Å². The number of hydrogen-bond donors (Lipinski definition) is 2. The van der Waals surface area contributed by atoms with Crippen molar-refractivity contribution in [2.75, 3.05) is 17.2 Å². The lowest BCUT2D eigenvalue weighted by molar-refractivity contribution is 0.0526. The number of ether oxygens (including phenoxy) is 1. The Morgan fingerprint density at radius 3 is 2.45 bits per heavy atom. The zero-order valence-electron chi connectivity index (χ0n) is 17.6. The van der Waals surface area contributed by atoms with E-state index >= 15 is 0 Å². The Kier molecular flexibility index (Phi) is 6.24. The number of carbonyl (C=O) groups is 1. The summed E-state index contributed by atoms with van der Waals surface area (Å²) in [5.41, 5.74) is 3.82. The molecule has 0 aliphatic carbocycles. The number of benzene rings is 2. The summed E-state index contributed by atoms with van der Waals surface area (Å²) in [6.45, 7) is 11.3. The average Bonchev–Trinajstić information content (AvgIpc) is 2.62. The van der Waals surface area contributed by atoms with Crippen LogP contribution in [0.5, 0.6) is 0 Å². The van der Waals surface area contributed by atoms with Crippen LogP contribution < -0.4 is 10.6 Å². The van der Waals surface area contributed by atoms with Gasteiger partial charge in [-0.2, -0.15) is 0 Å². The van der Waals surface area contributed by atoms with Crippen LogP contribution in [0, 0.1) is 0 Å². The summed E-state index contributed by atoms with van der Waals surface area (Å²) < 4.78 is 5.17. The Hall–Kier alpha value is -2.05. The Bertz CT molecular complexity index is 921. The number of carbonyl (C=O) groups excluding carboxylic acids is 1. The number of nitrogens with one attached hydrogen (secondary N) is 2. The van der Waals surface area contributed by atoms with Crippen LogP contribution in [0.3, 0.4) is 0 Å². The third kappa shape index (κ3) is 5.11. The van der Waals surface area contributed by atoms with Crippen molar-refractivity contribution in [2.45, 2.75) is 56.1 Å². The monoisotopic (exact) mass is 428 g/mol. The molecule has 0 saturated carbocycles. The van der Waals surface area contributed by atoms with E-state index in [9.17, 15) is 4.79 Å². The molecular formula is C23H28N2O2S2. The van der Waals surface area contributed by atoms with Gasteiger partial charge in [-0.15, -0.1) is 11.8 Å². The molecule has 2 N–H and O–H groups in total. The molecule has 0 spiro atoms. The number of thioether (sulfide) groups is 1. The molecule has 0 saturated heterocycles. The predicted molar refractivity (Wildman–Crippen MR) is 126 cm³/mol. The van der Waals surface area contributed by atoms with Crippen molar-refractivity contribution >= 4 is 46.4 Å². The van der Waals surface area contributed by atoms with Crippen LogP contribution in [-0.2, 0) is 10.2 Å². The first-order chi connectivity index (χ1) is 13.6. The lowest BCUT2D eigenvalue weighted by Gasteiger charge is -2.42. The van der Waals surface area contributed by atoms with E-state index in [1.807, 2.05) is 23.9 Å². The first kappa shape index (κ1) is 21.7. The fourth-order valence-corrected chi connectivity index (χ4v) is 5.84. The van der Waals surface area contributed by atoms with Crippen LogP contribution in [-0.4, -0.2) is 22.4 Å². The van der Waals surface area contributed by atoms with Gasteiger partial charge in [0.05, 0.1) is 17.9 Å². The topological polar surface area (TPSA) is 50.4 Å². The number of rotatable bonds is 4. The lowest BCUT2D eigenvalue weighted by atomic mass is 9.77. The average molecular weight is 429 g/mol. The van der Waals surface area contributed by atoms with Gasteiger partial charge in [0, 0.05) is 15.3 Å². The zero-order chi connectivity index (χ0) is 21.2. The van der Waals surface area contributed by atoms with Crippen LogP contribution in [0.15, 0.2) is 47.4 Å². The standard InChI is InChI=1S/C23H28N2O2S2/c1-6-27-20(26)15-10-12-16(13-11-15)24-21(28)25-18-9-7-8-17-19(18)29-23(4,5)14-22(17,2)3/h7-13H,6,14H2,1-5H3,(H2,24,25,28). The normalized spacial score (nSPS) is 16.4. The third-order valence-electron chi connectivity index (χ3n) is 4.89. The molecule has 0 atom stereocenters. The minimum Gasteiger partial charge on any atom is -0.462 e. The second kappa shape index (κ2) is 8.36. The molecule has 1 aliphatic heterocycles. The largest absolute Gasteiger partial charge is 0.462 e. The van der Waals surface area contributed by atoms with Crippen molar-refractivity contribution in [3.63, 3.8) is 0 Å². The first-order valence-electron chi connectivity index (χ1n) is 9.79. The maximum atomic E-state index is 11.8. The van der Waals surface area contributed by atoms with Gasteiger partial charge in [0.2, 0.25) is 0 Å². The molecule has 0 fully saturated rings. The van der Waals surface area contributed by atoms with Crippen molar-refractivity contribution in [2.24, 2.45) is 0 Å². The molecule has 3 rings (SSSR count). The van der Waals surface area contributed by atoms with Crippen LogP contribution in [0.4, 0.5) is 11.4 Å². The van der Waals surface area contributed by atoms with E-state index in [0.29, 0.717) is 17.3 Å². The summed E-state index contributed by atoms with van der Waals surface area (Å²) in [6, 6.07) is 13.5. The summed E-state index contributed by atoms with van der Waals surface area (Å²) in [5.74, 6) is -0.321. The summed E-state index contributed by atoms with van der Waals surface area (Å²) in [5, 5.41) is 7.07. The van der Waals surface area contributed by atoms with E-state index in [0.717, 1.165) is 17.8 Å². The third-order valence-corrected chi connectivity index (χ3v) is 6.44. The van der Waals surface area contributed by atoms with Crippen LogP contribution in [0.2, 0.25) is 0 Å². The molecule has 0 unspecified atom stereocenters. The quantitative estimate of drug-likeness (QED) is 0.445. The van der Waals surface area contributed by atoms with E-state index in [1.165, 1.54) is 10.5 Å². The van der Waals surface area contributed by atoms with Crippen molar-refractivity contribution in [1.82, 2.24) is 0 Å². The van der Waals surface area contributed by atoms with Gasteiger partial charge in [0.15, 0.2) is 5.11 Å². The fraction of sp³-hybridized carbons (Fsp3) is 0.391. The molecule has 0 bridgehead atoms. The Balaban J connectivity index is 1.75. The van der Waals surface area contributed by atoms with E-state index in [2.05, 4.69) is 56.5 Å². The number of anilines is 2.